The Bertz CT molecular complexity index is 611. The number of hydrogen-bond donors (Lipinski definition) is 1. The summed E-state index contributed by atoms with van der Waals surface area (Å²) in [4.78, 5) is 0. The Hall–Kier alpha value is -2.23. The average molecular weight is 261 g/mol. The molecule has 0 saturated heterocycles. The lowest BCUT2D eigenvalue weighted by atomic mass is 10.0. The summed E-state index contributed by atoms with van der Waals surface area (Å²) in [6, 6.07) is 8.30. The zero-order valence-electron chi connectivity index (χ0n) is 11.2. The van der Waals surface area contributed by atoms with E-state index < -0.39 is 0 Å². The van der Waals surface area contributed by atoms with Gasteiger partial charge in [0.1, 0.15) is 5.82 Å². The van der Waals surface area contributed by atoms with Gasteiger partial charge in [0, 0.05) is 11.3 Å². The summed E-state index contributed by atoms with van der Waals surface area (Å²) >= 11 is 0. The lowest BCUT2D eigenvalue weighted by molar-refractivity contribution is 0.355. The van der Waals surface area contributed by atoms with Gasteiger partial charge in [-0.15, -0.1) is 0 Å². The van der Waals surface area contributed by atoms with E-state index in [2.05, 4.69) is 0 Å². The van der Waals surface area contributed by atoms with Gasteiger partial charge in [0.15, 0.2) is 11.5 Å². The van der Waals surface area contributed by atoms with Crippen molar-refractivity contribution in [1.82, 2.24) is 0 Å². The fraction of sp³-hybridized carbons (Fsp3) is 0.200. The lowest BCUT2D eigenvalue weighted by Crippen LogP contribution is -1.95. The van der Waals surface area contributed by atoms with E-state index in [1.54, 1.807) is 45.4 Å². The van der Waals surface area contributed by atoms with E-state index in [1.807, 2.05) is 0 Å². The van der Waals surface area contributed by atoms with Crippen LogP contribution in [0.2, 0.25) is 0 Å². The molecule has 2 N–H and O–H groups in total. The molecular weight excluding hydrogens is 245 g/mol. The van der Waals surface area contributed by atoms with Crippen LogP contribution in [0.4, 0.5) is 10.1 Å². The van der Waals surface area contributed by atoms with Crippen LogP contribution < -0.4 is 15.2 Å². The third-order valence-corrected chi connectivity index (χ3v) is 3.05. The van der Waals surface area contributed by atoms with E-state index in [-0.39, 0.29) is 5.82 Å². The van der Waals surface area contributed by atoms with Crippen molar-refractivity contribution >= 4 is 5.69 Å². The maximum absolute atomic E-state index is 14.0. The minimum atomic E-state index is -0.307. The molecule has 100 valence electrons. The molecule has 0 saturated carbocycles. The van der Waals surface area contributed by atoms with Crippen LogP contribution in [0.25, 0.3) is 11.1 Å². The zero-order chi connectivity index (χ0) is 14.0. The highest BCUT2D eigenvalue weighted by atomic mass is 19.1. The van der Waals surface area contributed by atoms with Gasteiger partial charge in [-0.3, -0.25) is 0 Å². The van der Waals surface area contributed by atoms with Crippen molar-refractivity contribution in [2.75, 3.05) is 20.0 Å². The molecule has 0 aliphatic heterocycles. The van der Waals surface area contributed by atoms with Gasteiger partial charge in [-0.25, -0.2) is 4.39 Å². The third kappa shape index (κ3) is 2.47. The van der Waals surface area contributed by atoms with Crippen molar-refractivity contribution in [2.24, 2.45) is 0 Å². The summed E-state index contributed by atoms with van der Waals surface area (Å²) in [5.41, 5.74) is 8.26. The molecule has 0 bridgehead atoms. The van der Waals surface area contributed by atoms with Crippen LogP contribution >= 0.6 is 0 Å². The van der Waals surface area contributed by atoms with E-state index >= 15 is 0 Å². The SMILES string of the molecule is COc1ccc(-c2cc(N)c(C)cc2F)cc1OC. The molecule has 4 heteroatoms. The number of ether oxygens (including phenoxy) is 2. The Balaban J connectivity index is 2.56. The van der Waals surface area contributed by atoms with Gasteiger partial charge < -0.3 is 15.2 Å². The molecule has 0 fully saturated rings. The first-order valence-electron chi connectivity index (χ1n) is 5.85. The minimum absolute atomic E-state index is 0.307. The third-order valence-electron chi connectivity index (χ3n) is 3.05. The van der Waals surface area contributed by atoms with Crippen LogP contribution in [0.3, 0.4) is 0 Å². The molecule has 0 amide bonds. The highest BCUT2D eigenvalue weighted by molar-refractivity contribution is 5.72. The topological polar surface area (TPSA) is 44.5 Å². The second kappa shape index (κ2) is 5.18. The van der Waals surface area contributed by atoms with Gasteiger partial charge >= 0.3 is 0 Å². The second-order valence-electron chi connectivity index (χ2n) is 4.26. The van der Waals surface area contributed by atoms with Crippen molar-refractivity contribution in [3.8, 4) is 22.6 Å². The number of anilines is 1. The summed E-state index contributed by atoms with van der Waals surface area (Å²) in [7, 11) is 3.10. The first-order chi connectivity index (χ1) is 9.06. The van der Waals surface area contributed by atoms with E-state index in [4.69, 9.17) is 15.2 Å². The van der Waals surface area contributed by atoms with Crippen LogP contribution in [0, 0.1) is 12.7 Å². The van der Waals surface area contributed by atoms with Gasteiger partial charge in [-0.1, -0.05) is 6.07 Å². The molecular formula is C15H16FNO2. The molecule has 3 nitrogen and oxygen atoms in total. The molecule has 2 rings (SSSR count). The number of nitrogen functional groups attached to an aromatic ring is 1. The number of halogens is 1. The number of nitrogens with two attached hydrogens (primary N) is 1. The molecule has 2 aromatic rings. The van der Waals surface area contributed by atoms with Gasteiger partial charge in [0.05, 0.1) is 14.2 Å². The Morgan fingerprint density at radius 2 is 1.68 bits per heavy atom. The van der Waals surface area contributed by atoms with Crippen LogP contribution in [-0.4, -0.2) is 14.2 Å². The van der Waals surface area contributed by atoms with Crippen LogP contribution in [0.1, 0.15) is 5.56 Å². The fourth-order valence-electron chi connectivity index (χ4n) is 1.91. The molecule has 0 spiro atoms. The van der Waals surface area contributed by atoms with E-state index in [0.717, 1.165) is 5.56 Å². The Morgan fingerprint density at radius 3 is 2.32 bits per heavy atom. The van der Waals surface area contributed by atoms with Crippen molar-refractivity contribution in [1.29, 1.82) is 0 Å². The van der Waals surface area contributed by atoms with Gasteiger partial charge in [-0.2, -0.15) is 0 Å². The van der Waals surface area contributed by atoms with Crippen molar-refractivity contribution < 1.29 is 13.9 Å². The summed E-state index contributed by atoms with van der Waals surface area (Å²) in [6.45, 7) is 1.77. The van der Waals surface area contributed by atoms with Gasteiger partial charge in [-0.05, 0) is 42.3 Å². The molecule has 0 aromatic heterocycles. The Kier molecular flexibility index (Phi) is 3.60. The number of methoxy groups -OCH3 is 2. The van der Waals surface area contributed by atoms with Crippen molar-refractivity contribution in [2.45, 2.75) is 6.92 Å². The van der Waals surface area contributed by atoms with Crippen molar-refractivity contribution in [3.63, 3.8) is 0 Å². The Morgan fingerprint density at radius 1 is 1.00 bits per heavy atom. The van der Waals surface area contributed by atoms with Crippen molar-refractivity contribution in [3.05, 3.63) is 41.7 Å². The first kappa shape index (κ1) is 13.2. The predicted octanol–water partition coefficient (Wildman–Crippen LogP) is 3.40. The normalized spacial score (nSPS) is 10.3. The minimum Gasteiger partial charge on any atom is -0.493 e. The van der Waals surface area contributed by atoms with Gasteiger partial charge in [0.25, 0.3) is 0 Å². The van der Waals surface area contributed by atoms with E-state index in [9.17, 15) is 4.39 Å². The molecule has 19 heavy (non-hydrogen) atoms. The molecule has 0 atom stereocenters. The Labute approximate surface area is 111 Å². The fourth-order valence-corrected chi connectivity index (χ4v) is 1.91. The van der Waals surface area contributed by atoms with Crippen LogP contribution in [0.15, 0.2) is 30.3 Å². The maximum atomic E-state index is 14.0. The molecule has 0 radical (unpaired) electrons. The average Bonchev–Trinajstić information content (AvgIpc) is 2.42. The number of aryl methyl sites for hydroxylation is 1. The summed E-state index contributed by atoms with van der Waals surface area (Å²) < 4.78 is 24.4. The quantitative estimate of drug-likeness (QED) is 0.861. The zero-order valence-corrected chi connectivity index (χ0v) is 11.2. The maximum Gasteiger partial charge on any atom is 0.161 e. The second-order valence-corrected chi connectivity index (χ2v) is 4.26. The predicted molar refractivity (Wildman–Crippen MR) is 74.1 cm³/mol. The summed E-state index contributed by atoms with van der Waals surface area (Å²) in [6.07, 6.45) is 0. The molecule has 0 aliphatic rings. The van der Waals surface area contributed by atoms with E-state index in [1.165, 1.54) is 6.07 Å². The standard InChI is InChI=1S/C15H16FNO2/c1-9-6-12(16)11(8-13(9)17)10-4-5-14(18-2)15(7-10)19-3/h4-8H,17H2,1-3H3. The largest absolute Gasteiger partial charge is 0.493 e. The molecule has 2 aromatic carbocycles. The number of rotatable bonds is 3. The molecule has 0 unspecified atom stereocenters. The lowest BCUT2D eigenvalue weighted by Gasteiger charge is -2.11. The first-order valence-corrected chi connectivity index (χ1v) is 5.85. The number of benzene rings is 2. The van der Waals surface area contributed by atoms with Crippen LogP contribution in [-0.2, 0) is 0 Å². The van der Waals surface area contributed by atoms with Crippen LogP contribution in [0.5, 0.6) is 11.5 Å². The highest BCUT2D eigenvalue weighted by Gasteiger charge is 2.11. The monoisotopic (exact) mass is 261 g/mol. The molecule has 0 aliphatic carbocycles. The summed E-state index contributed by atoms with van der Waals surface area (Å²) in [5.74, 6) is 0.851. The number of hydrogen-bond acceptors (Lipinski definition) is 3. The summed E-state index contributed by atoms with van der Waals surface area (Å²) in [5, 5.41) is 0. The van der Waals surface area contributed by atoms with Gasteiger partial charge in [0.2, 0.25) is 0 Å². The highest BCUT2D eigenvalue weighted by Crippen LogP contribution is 2.34. The van der Waals surface area contributed by atoms with E-state index in [0.29, 0.717) is 28.3 Å². The smallest absolute Gasteiger partial charge is 0.161 e. The molecule has 0 heterocycles.